The fourth-order valence-corrected chi connectivity index (χ4v) is 2.62. The van der Waals surface area contributed by atoms with Gasteiger partial charge in [0.1, 0.15) is 5.69 Å². The number of rotatable bonds is 3. The molecule has 168 valence electrons. The smallest absolute Gasteiger partial charge is 0.317 e. The second-order valence-electron chi connectivity index (χ2n) is 6.26. The number of hydrogen-bond acceptors (Lipinski definition) is 3. The van der Waals surface area contributed by atoms with Crippen molar-refractivity contribution in [3.8, 4) is 0 Å². The van der Waals surface area contributed by atoms with Gasteiger partial charge >= 0.3 is 35.3 Å². The van der Waals surface area contributed by atoms with Crippen LogP contribution in [0.25, 0.3) is 0 Å². The summed E-state index contributed by atoms with van der Waals surface area (Å²) in [5.74, 6) is -40.8. The Morgan fingerprint density at radius 3 is 1.63 bits per heavy atom. The van der Waals surface area contributed by atoms with Crippen LogP contribution < -0.4 is 5.32 Å². The summed E-state index contributed by atoms with van der Waals surface area (Å²) in [5, 5.41) is 11.6. The molecule has 2 rings (SSSR count). The van der Waals surface area contributed by atoms with Crippen molar-refractivity contribution in [2.24, 2.45) is 0 Å². The van der Waals surface area contributed by atoms with Crippen LogP contribution in [0.2, 0.25) is 0 Å². The molecule has 0 aromatic heterocycles. The van der Waals surface area contributed by atoms with E-state index in [-0.39, 0.29) is 5.56 Å². The van der Waals surface area contributed by atoms with Crippen LogP contribution in [0.15, 0.2) is 18.2 Å². The molecular weight excluding hydrogens is 453 g/mol. The zero-order chi connectivity index (χ0) is 23.7. The van der Waals surface area contributed by atoms with Gasteiger partial charge in [-0.25, -0.2) is 4.39 Å². The Morgan fingerprint density at radius 2 is 1.23 bits per heavy atom. The van der Waals surface area contributed by atoms with Crippen molar-refractivity contribution < 1.29 is 58.0 Å². The maximum absolute atomic E-state index is 14.6. The Morgan fingerprint density at radius 1 is 0.833 bits per heavy atom. The molecule has 1 amide bonds. The fourth-order valence-electron chi connectivity index (χ4n) is 2.62. The highest BCUT2D eigenvalue weighted by Crippen LogP contribution is 2.69. The van der Waals surface area contributed by atoms with E-state index in [0.717, 1.165) is 18.3 Å². The molecule has 0 spiro atoms. The molecule has 1 saturated carbocycles. The third kappa shape index (κ3) is 2.44. The van der Waals surface area contributed by atoms with Crippen molar-refractivity contribution >= 4 is 17.3 Å². The summed E-state index contributed by atoms with van der Waals surface area (Å²) < 4.78 is 150. The Kier molecular flexibility index (Phi) is 4.85. The van der Waals surface area contributed by atoms with Crippen LogP contribution in [-0.4, -0.2) is 46.1 Å². The summed E-state index contributed by atoms with van der Waals surface area (Å²) in [5.41, 5.74) is -9.57. The highest BCUT2D eigenvalue weighted by molar-refractivity contribution is 6.01. The van der Waals surface area contributed by atoms with E-state index < -0.39 is 57.5 Å². The summed E-state index contributed by atoms with van der Waals surface area (Å²) in [4.78, 5) is 21.3. The van der Waals surface area contributed by atoms with Gasteiger partial charge in [-0.1, -0.05) is 6.07 Å². The number of amides is 1. The van der Waals surface area contributed by atoms with Gasteiger partial charge in [0.2, 0.25) is 0 Å². The largest absolute Gasteiger partial charge is 0.384 e. The van der Waals surface area contributed by atoms with Gasteiger partial charge in [-0.15, -0.1) is 0 Å². The van der Waals surface area contributed by atoms with Crippen LogP contribution in [-0.2, 0) is 4.79 Å². The molecule has 1 N–H and O–H groups in total. The number of benzene rings is 1. The monoisotopic (exact) mass is 460 g/mol. The second-order valence-corrected chi connectivity index (χ2v) is 6.26. The van der Waals surface area contributed by atoms with Crippen molar-refractivity contribution in [1.82, 2.24) is 0 Å². The molecule has 16 heteroatoms. The van der Waals surface area contributed by atoms with E-state index in [0.29, 0.717) is 12.1 Å². The number of anilines is 1. The van der Waals surface area contributed by atoms with Gasteiger partial charge in [-0.3, -0.25) is 14.9 Å². The van der Waals surface area contributed by atoms with Crippen LogP contribution in [0.1, 0.15) is 5.56 Å². The molecule has 0 aliphatic heterocycles. The first-order valence-electron chi connectivity index (χ1n) is 7.36. The molecule has 1 aromatic rings. The number of carbonyl (C=O) groups excluding carboxylic acids is 1. The number of nitro benzene ring substituents is 1. The first-order chi connectivity index (χ1) is 13.2. The first kappa shape index (κ1) is 23.6. The Bertz CT molecular complexity index is 886. The molecule has 5 nitrogen and oxygen atoms in total. The molecule has 1 fully saturated rings. The minimum atomic E-state index is -7.47. The number of nitrogens with zero attached hydrogens (tertiary/aromatic N) is 1. The molecule has 0 atom stereocenters. The molecule has 1 aromatic carbocycles. The molecular formula is C14H7F11N2O3. The zero-order valence-electron chi connectivity index (χ0n) is 14.1. The topological polar surface area (TPSA) is 72.2 Å². The SMILES string of the molecule is Cc1ccc([N+](=O)[O-])c(NC(=O)C2(F)C(F)(F)C(F)(F)C(F)(F)C(F)(F)C2(F)F)c1. The second kappa shape index (κ2) is 6.16. The van der Waals surface area contributed by atoms with E-state index >= 15 is 0 Å². The van der Waals surface area contributed by atoms with E-state index in [4.69, 9.17) is 0 Å². The van der Waals surface area contributed by atoms with Crippen LogP contribution in [0, 0.1) is 17.0 Å². The fraction of sp³-hybridized carbons (Fsp3) is 0.500. The van der Waals surface area contributed by atoms with Gasteiger partial charge in [-0.05, 0) is 18.6 Å². The highest BCUT2D eigenvalue weighted by Gasteiger charge is 3.02. The van der Waals surface area contributed by atoms with Gasteiger partial charge in [0, 0.05) is 6.07 Å². The minimum absolute atomic E-state index is 0.0480. The Balaban J connectivity index is 2.74. The summed E-state index contributed by atoms with van der Waals surface area (Å²) in [6.07, 6.45) is 0. The van der Waals surface area contributed by atoms with Crippen molar-refractivity contribution in [3.05, 3.63) is 33.9 Å². The van der Waals surface area contributed by atoms with E-state index in [9.17, 15) is 63.2 Å². The number of halogens is 11. The number of nitro groups is 1. The molecule has 0 heterocycles. The molecule has 1 aliphatic carbocycles. The molecule has 0 radical (unpaired) electrons. The molecule has 1 aliphatic rings. The number of aryl methyl sites for hydroxylation is 1. The van der Waals surface area contributed by atoms with Gasteiger partial charge in [0.25, 0.3) is 11.6 Å². The lowest BCUT2D eigenvalue weighted by Crippen LogP contribution is -2.86. The average Bonchev–Trinajstić information content (AvgIpc) is 2.58. The molecule has 0 bridgehead atoms. The normalized spacial score (nSPS) is 24.7. The predicted molar refractivity (Wildman–Crippen MR) is 75.0 cm³/mol. The quantitative estimate of drug-likeness (QED) is 0.403. The van der Waals surface area contributed by atoms with Gasteiger partial charge < -0.3 is 5.32 Å². The number of nitrogens with one attached hydrogen (secondary N) is 1. The summed E-state index contributed by atoms with van der Waals surface area (Å²) >= 11 is 0. The third-order valence-corrected chi connectivity index (χ3v) is 4.35. The lowest BCUT2D eigenvalue weighted by molar-refractivity contribution is -0.475. The van der Waals surface area contributed by atoms with Crippen molar-refractivity contribution in [2.75, 3.05) is 5.32 Å². The number of hydrogen-bond donors (Lipinski definition) is 1. The molecule has 30 heavy (non-hydrogen) atoms. The first-order valence-corrected chi connectivity index (χ1v) is 7.36. The third-order valence-electron chi connectivity index (χ3n) is 4.35. The van der Waals surface area contributed by atoms with E-state index in [2.05, 4.69) is 0 Å². The Labute approximate surface area is 158 Å². The Hall–Kier alpha value is -2.68. The van der Waals surface area contributed by atoms with Gasteiger partial charge in [0.15, 0.2) is 0 Å². The van der Waals surface area contributed by atoms with Crippen LogP contribution in [0.4, 0.5) is 59.7 Å². The van der Waals surface area contributed by atoms with Gasteiger partial charge in [-0.2, -0.15) is 43.9 Å². The lowest BCUT2D eigenvalue weighted by Gasteiger charge is -2.51. The average molecular weight is 460 g/mol. The van der Waals surface area contributed by atoms with Crippen molar-refractivity contribution in [3.63, 3.8) is 0 Å². The summed E-state index contributed by atoms with van der Waals surface area (Å²) in [6, 6.07) is 2.01. The van der Waals surface area contributed by atoms with Crippen molar-refractivity contribution in [2.45, 2.75) is 42.2 Å². The predicted octanol–water partition coefficient (Wildman–Crippen LogP) is 4.74. The van der Waals surface area contributed by atoms with Crippen molar-refractivity contribution in [1.29, 1.82) is 0 Å². The van der Waals surface area contributed by atoms with E-state index in [1.165, 1.54) is 0 Å². The maximum atomic E-state index is 14.6. The zero-order valence-corrected chi connectivity index (χ0v) is 14.1. The number of carbonyl (C=O) groups is 1. The van der Waals surface area contributed by atoms with Crippen LogP contribution >= 0.6 is 0 Å². The maximum Gasteiger partial charge on any atom is 0.384 e. The standard InChI is InChI=1S/C14H7F11N2O3/c1-5-2-3-7(27(29)30)6(4-5)26-8(28)9(15)10(16,17)12(20,21)14(24,25)13(22,23)11(9,18)19/h2-4H,1H3,(H,26,28). The van der Waals surface area contributed by atoms with Gasteiger partial charge in [0.05, 0.1) is 4.92 Å². The van der Waals surface area contributed by atoms with E-state index in [1.54, 1.807) is 0 Å². The lowest BCUT2D eigenvalue weighted by atomic mass is 9.71. The van der Waals surface area contributed by atoms with E-state index in [1.807, 2.05) is 0 Å². The molecule has 0 saturated heterocycles. The minimum Gasteiger partial charge on any atom is -0.317 e. The van der Waals surface area contributed by atoms with Crippen LogP contribution in [0.3, 0.4) is 0 Å². The highest BCUT2D eigenvalue weighted by atomic mass is 19.4. The molecule has 0 unspecified atom stereocenters. The summed E-state index contributed by atoms with van der Waals surface area (Å²) in [7, 11) is 0. The number of alkyl halides is 11. The van der Waals surface area contributed by atoms with Crippen LogP contribution in [0.5, 0.6) is 0 Å². The summed E-state index contributed by atoms with van der Waals surface area (Å²) in [6.45, 7) is 1.14.